The number of carbonyl (C=O) groups is 2. The third kappa shape index (κ3) is 5.25. The summed E-state index contributed by atoms with van der Waals surface area (Å²) in [6.07, 6.45) is -1.07. The normalized spacial score (nSPS) is 20.4. The minimum Gasteiger partial charge on any atom is -0.350 e. The van der Waals surface area contributed by atoms with Gasteiger partial charge in [-0.15, -0.1) is 11.3 Å². The largest absolute Gasteiger partial charge is 0.350 e. The highest BCUT2D eigenvalue weighted by Crippen LogP contribution is 2.20. The van der Waals surface area contributed by atoms with E-state index in [0.717, 1.165) is 4.88 Å². The van der Waals surface area contributed by atoms with E-state index < -0.39 is 17.8 Å². The molecule has 0 radical (unpaired) electrons. The fourth-order valence-corrected chi connectivity index (χ4v) is 3.39. The van der Waals surface area contributed by atoms with Crippen molar-refractivity contribution in [2.45, 2.75) is 44.9 Å². The summed E-state index contributed by atoms with van der Waals surface area (Å²) in [5.74, 6) is -0.455. The van der Waals surface area contributed by atoms with Crippen LogP contribution in [0.2, 0.25) is 0 Å². The Morgan fingerprint density at radius 3 is 2.80 bits per heavy atom. The molecule has 25 heavy (non-hydrogen) atoms. The Morgan fingerprint density at radius 1 is 1.48 bits per heavy atom. The van der Waals surface area contributed by atoms with E-state index in [1.54, 1.807) is 6.07 Å². The van der Waals surface area contributed by atoms with Gasteiger partial charge in [-0.05, 0) is 32.9 Å². The number of nitrogens with zero attached hydrogens (tertiary/aromatic N) is 2. The molecule has 1 saturated heterocycles. The zero-order chi connectivity index (χ0) is 18.6. The Kier molecular flexibility index (Phi) is 6.14. The summed E-state index contributed by atoms with van der Waals surface area (Å²) < 4.78 is 13.4. The highest BCUT2D eigenvalue weighted by Gasteiger charge is 2.35. The zero-order valence-electron chi connectivity index (χ0n) is 14.6. The topological polar surface area (TPSA) is 85.2 Å². The number of aryl methyl sites for hydroxylation is 1. The molecule has 0 unspecified atom stereocenters. The van der Waals surface area contributed by atoms with Gasteiger partial charge in [0.15, 0.2) is 0 Å². The first kappa shape index (κ1) is 19.3. The number of hydrogen-bond acceptors (Lipinski definition) is 5. The van der Waals surface area contributed by atoms with E-state index in [2.05, 4.69) is 10.6 Å². The van der Waals surface area contributed by atoms with Crippen molar-refractivity contribution >= 4 is 23.2 Å². The van der Waals surface area contributed by atoms with Gasteiger partial charge >= 0.3 is 0 Å². The molecule has 1 aliphatic rings. The monoisotopic (exact) mass is 366 g/mol. The van der Waals surface area contributed by atoms with Gasteiger partial charge in [0.05, 0.1) is 24.0 Å². The van der Waals surface area contributed by atoms with E-state index in [0.29, 0.717) is 11.4 Å². The number of nitriles is 1. The molecule has 6 nitrogen and oxygen atoms in total. The molecule has 0 bridgehead atoms. The van der Waals surface area contributed by atoms with Crippen LogP contribution in [0.5, 0.6) is 0 Å². The maximum Gasteiger partial charge on any atom is 0.261 e. The molecule has 0 spiro atoms. The number of amides is 2. The lowest BCUT2D eigenvalue weighted by molar-refractivity contribution is -0.130. The van der Waals surface area contributed by atoms with Crippen LogP contribution in [-0.2, 0) is 4.79 Å². The highest BCUT2D eigenvalue weighted by molar-refractivity contribution is 7.13. The number of rotatable bonds is 6. The van der Waals surface area contributed by atoms with Gasteiger partial charge in [0.2, 0.25) is 5.91 Å². The van der Waals surface area contributed by atoms with Gasteiger partial charge in [0.25, 0.3) is 5.91 Å². The molecule has 0 aliphatic carbocycles. The fraction of sp³-hybridized carbons (Fsp3) is 0.588. The Balaban J connectivity index is 1.81. The van der Waals surface area contributed by atoms with E-state index in [-0.39, 0.29) is 31.3 Å². The van der Waals surface area contributed by atoms with Crippen molar-refractivity contribution in [2.75, 3.05) is 19.6 Å². The lowest BCUT2D eigenvalue weighted by Gasteiger charge is -2.28. The van der Waals surface area contributed by atoms with Crippen LogP contribution in [0.4, 0.5) is 4.39 Å². The van der Waals surface area contributed by atoms with Crippen molar-refractivity contribution in [3.63, 3.8) is 0 Å². The molecule has 1 aliphatic heterocycles. The third-order valence-electron chi connectivity index (χ3n) is 4.09. The van der Waals surface area contributed by atoms with Crippen LogP contribution in [0.1, 0.15) is 34.8 Å². The maximum atomic E-state index is 13.4. The minimum absolute atomic E-state index is 0.00805. The van der Waals surface area contributed by atoms with Crippen LogP contribution in [0.3, 0.4) is 0 Å². The average molecular weight is 366 g/mol. The second-order valence-electron chi connectivity index (χ2n) is 6.85. The predicted molar refractivity (Wildman–Crippen MR) is 94.1 cm³/mol. The van der Waals surface area contributed by atoms with E-state index >= 15 is 0 Å². The second-order valence-corrected chi connectivity index (χ2v) is 8.14. The maximum absolute atomic E-state index is 13.4. The van der Waals surface area contributed by atoms with Gasteiger partial charge in [-0.25, -0.2) is 4.39 Å². The zero-order valence-corrected chi connectivity index (χ0v) is 15.5. The molecule has 0 saturated carbocycles. The van der Waals surface area contributed by atoms with Crippen LogP contribution in [0, 0.1) is 18.3 Å². The molecule has 2 N–H and O–H groups in total. The summed E-state index contributed by atoms with van der Waals surface area (Å²) in [6, 6.07) is 4.93. The number of carbonyl (C=O) groups excluding carboxylic acids is 2. The molecule has 1 aromatic heterocycles. The van der Waals surface area contributed by atoms with Crippen LogP contribution >= 0.6 is 11.3 Å². The second kappa shape index (κ2) is 7.93. The van der Waals surface area contributed by atoms with Crippen LogP contribution in [0.25, 0.3) is 0 Å². The van der Waals surface area contributed by atoms with E-state index in [4.69, 9.17) is 5.26 Å². The van der Waals surface area contributed by atoms with E-state index in [1.807, 2.05) is 32.9 Å². The SMILES string of the molecule is Cc1ccc(C(=O)NCC(C)(C)NCC(=O)N2C[C@@H](F)C[C@H]2C#N)s1. The number of thiophene rings is 1. The summed E-state index contributed by atoms with van der Waals surface area (Å²) in [5.41, 5.74) is -0.519. The molecule has 2 heterocycles. The van der Waals surface area contributed by atoms with Crippen molar-refractivity contribution in [1.82, 2.24) is 15.5 Å². The van der Waals surface area contributed by atoms with Crippen molar-refractivity contribution in [1.29, 1.82) is 5.26 Å². The molecule has 0 aromatic carbocycles. The van der Waals surface area contributed by atoms with Crippen LogP contribution in [-0.4, -0.2) is 54.1 Å². The molecule has 2 atom stereocenters. The predicted octanol–water partition coefficient (Wildman–Crippen LogP) is 1.62. The van der Waals surface area contributed by atoms with Gasteiger partial charge in [0.1, 0.15) is 12.2 Å². The minimum atomic E-state index is -1.14. The number of nitrogens with one attached hydrogen (secondary N) is 2. The summed E-state index contributed by atoms with van der Waals surface area (Å²) in [6.45, 7) is 5.96. The molecule has 1 aromatic rings. The number of halogens is 1. The quantitative estimate of drug-likeness (QED) is 0.801. The van der Waals surface area contributed by atoms with Crippen molar-refractivity contribution < 1.29 is 14.0 Å². The van der Waals surface area contributed by atoms with Crippen molar-refractivity contribution in [3.8, 4) is 6.07 Å². The van der Waals surface area contributed by atoms with E-state index in [1.165, 1.54) is 16.2 Å². The van der Waals surface area contributed by atoms with Crippen molar-refractivity contribution in [3.05, 3.63) is 21.9 Å². The molecular weight excluding hydrogens is 343 g/mol. The summed E-state index contributed by atoms with van der Waals surface area (Å²) in [7, 11) is 0. The van der Waals surface area contributed by atoms with Gasteiger partial charge in [-0.1, -0.05) is 0 Å². The van der Waals surface area contributed by atoms with Crippen LogP contribution in [0.15, 0.2) is 12.1 Å². The standard InChI is InChI=1S/C17H23FN4O2S/c1-11-4-5-14(25-11)16(24)20-10-17(2,3)21-8-15(23)22-9-12(18)6-13(22)7-19/h4-5,12-13,21H,6,8-10H2,1-3H3,(H,20,24)/t12-,13-/m0/s1. The first-order chi connectivity index (χ1) is 11.7. The highest BCUT2D eigenvalue weighted by atomic mass is 32.1. The van der Waals surface area contributed by atoms with Crippen molar-refractivity contribution in [2.24, 2.45) is 0 Å². The molecule has 2 rings (SSSR count). The molecule has 136 valence electrons. The summed E-state index contributed by atoms with van der Waals surface area (Å²) in [4.78, 5) is 27.3. The first-order valence-corrected chi connectivity index (χ1v) is 8.96. The smallest absolute Gasteiger partial charge is 0.261 e. The fourth-order valence-electron chi connectivity index (χ4n) is 2.61. The third-order valence-corrected chi connectivity index (χ3v) is 5.09. The summed E-state index contributed by atoms with van der Waals surface area (Å²) >= 11 is 1.43. The Morgan fingerprint density at radius 2 is 2.20 bits per heavy atom. The first-order valence-electron chi connectivity index (χ1n) is 8.14. The Bertz CT molecular complexity index is 682. The average Bonchev–Trinajstić information content (AvgIpc) is 3.16. The molecule has 1 fully saturated rings. The van der Waals surface area contributed by atoms with Gasteiger partial charge in [-0.3, -0.25) is 9.59 Å². The Hall–Kier alpha value is -1.98. The molecule has 2 amide bonds. The van der Waals surface area contributed by atoms with Gasteiger partial charge < -0.3 is 15.5 Å². The lowest BCUT2D eigenvalue weighted by Crippen LogP contribution is -2.52. The number of likely N-dealkylation sites (tertiary alicyclic amines) is 1. The number of alkyl halides is 1. The van der Waals surface area contributed by atoms with Crippen LogP contribution < -0.4 is 10.6 Å². The number of hydrogen-bond donors (Lipinski definition) is 2. The summed E-state index contributed by atoms with van der Waals surface area (Å²) in [5, 5.41) is 14.9. The Labute approximate surface area is 151 Å². The van der Waals surface area contributed by atoms with E-state index in [9.17, 15) is 14.0 Å². The molecular formula is C17H23FN4O2S. The van der Waals surface area contributed by atoms with Gasteiger partial charge in [-0.2, -0.15) is 5.26 Å². The van der Waals surface area contributed by atoms with Gasteiger partial charge in [0, 0.05) is 23.4 Å². The lowest BCUT2D eigenvalue weighted by atomic mass is 10.1. The molecule has 8 heteroatoms.